The van der Waals surface area contributed by atoms with E-state index in [1.54, 1.807) is 11.8 Å². The maximum Gasteiger partial charge on any atom is 0.323 e. The molecule has 1 aliphatic heterocycles. The summed E-state index contributed by atoms with van der Waals surface area (Å²) in [4.78, 5) is 28.8. The van der Waals surface area contributed by atoms with Crippen molar-refractivity contribution in [2.45, 2.75) is 50.2 Å². The molecular formula is C27H32N4O3S. The second-order valence-corrected chi connectivity index (χ2v) is 9.77. The highest BCUT2D eigenvalue weighted by atomic mass is 32.2. The largest absolute Gasteiger partial charge is 0.468 e. The summed E-state index contributed by atoms with van der Waals surface area (Å²) in [6.07, 6.45) is 2.83. The van der Waals surface area contributed by atoms with Gasteiger partial charge in [-0.25, -0.2) is 4.68 Å². The number of hydrogen-bond acceptors (Lipinski definition) is 6. The number of amides is 1. The van der Waals surface area contributed by atoms with E-state index in [0.717, 1.165) is 28.2 Å². The lowest BCUT2D eigenvalue weighted by Crippen LogP contribution is -2.38. The Labute approximate surface area is 210 Å². The minimum atomic E-state index is -0.380. The number of hydrogen-bond donors (Lipinski definition) is 1. The summed E-state index contributed by atoms with van der Waals surface area (Å²) >= 11 is 1.70. The highest BCUT2D eigenvalue weighted by molar-refractivity contribution is 7.98. The molecule has 1 aliphatic rings. The van der Waals surface area contributed by atoms with E-state index in [4.69, 9.17) is 4.74 Å². The smallest absolute Gasteiger partial charge is 0.323 e. The molecule has 3 aromatic rings. The van der Waals surface area contributed by atoms with Gasteiger partial charge in [0.15, 0.2) is 0 Å². The van der Waals surface area contributed by atoms with Gasteiger partial charge in [0.05, 0.1) is 24.9 Å². The third-order valence-electron chi connectivity index (χ3n) is 6.57. The van der Waals surface area contributed by atoms with Gasteiger partial charge in [-0.05, 0) is 56.4 Å². The number of benzene rings is 2. The van der Waals surface area contributed by atoms with Crippen molar-refractivity contribution in [3.05, 3.63) is 77.1 Å². The van der Waals surface area contributed by atoms with E-state index in [2.05, 4.69) is 39.6 Å². The average molecular weight is 493 g/mol. The van der Waals surface area contributed by atoms with Crippen LogP contribution >= 0.6 is 11.8 Å². The first-order chi connectivity index (χ1) is 16.9. The third-order valence-corrected chi connectivity index (χ3v) is 7.31. The molecule has 0 unspecified atom stereocenters. The normalized spacial score (nSPS) is 17.9. The van der Waals surface area contributed by atoms with E-state index in [1.165, 1.54) is 12.0 Å². The zero-order valence-corrected chi connectivity index (χ0v) is 21.5. The molecule has 1 amide bonds. The number of carbonyl (C=O) groups is 2. The summed E-state index contributed by atoms with van der Waals surface area (Å²) in [5, 5.41) is 7.79. The molecule has 1 N–H and O–H groups in total. The number of para-hydroxylation sites is 1. The maximum absolute atomic E-state index is 13.0. The van der Waals surface area contributed by atoms with E-state index in [0.29, 0.717) is 19.5 Å². The molecule has 2 atom stereocenters. The number of aromatic nitrogens is 2. The molecule has 8 heteroatoms. The molecule has 0 spiro atoms. The molecule has 1 aromatic heterocycles. The van der Waals surface area contributed by atoms with Crippen molar-refractivity contribution in [2.24, 2.45) is 0 Å². The molecule has 7 nitrogen and oxygen atoms in total. The molecule has 0 saturated carbocycles. The molecule has 0 radical (unpaired) electrons. The Kier molecular flexibility index (Phi) is 7.93. The molecule has 0 aliphatic carbocycles. The Balaban J connectivity index is 1.42. The van der Waals surface area contributed by atoms with Gasteiger partial charge in [0.2, 0.25) is 5.91 Å². The predicted molar refractivity (Wildman–Crippen MR) is 138 cm³/mol. The van der Waals surface area contributed by atoms with E-state index in [1.807, 2.05) is 55.1 Å². The van der Waals surface area contributed by atoms with Crippen molar-refractivity contribution in [3.8, 4) is 5.69 Å². The Morgan fingerprint density at radius 2 is 1.83 bits per heavy atom. The number of nitrogens with one attached hydrogen (secondary N) is 1. The van der Waals surface area contributed by atoms with Gasteiger partial charge >= 0.3 is 5.97 Å². The van der Waals surface area contributed by atoms with Crippen LogP contribution in [0.15, 0.2) is 59.5 Å². The summed E-state index contributed by atoms with van der Waals surface area (Å²) in [7, 11) is 1.41. The molecule has 1 saturated heterocycles. The van der Waals surface area contributed by atoms with Gasteiger partial charge < -0.3 is 10.1 Å². The van der Waals surface area contributed by atoms with E-state index in [9.17, 15) is 9.59 Å². The van der Waals surface area contributed by atoms with Crippen molar-refractivity contribution >= 4 is 23.6 Å². The van der Waals surface area contributed by atoms with Gasteiger partial charge in [-0.3, -0.25) is 14.5 Å². The number of carbonyl (C=O) groups excluding carboxylic acids is 2. The van der Waals surface area contributed by atoms with Crippen LogP contribution in [0.3, 0.4) is 0 Å². The number of nitrogens with zero attached hydrogens (tertiary/aromatic N) is 3. The zero-order chi connectivity index (χ0) is 24.9. The van der Waals surface area contributed by atoms with E-state index >= 15 is 0 Å². The second-order valence-electron chi connectivity index (χ2n) is 8.89. The first-order valence-corrected chi connectivity index (χ1v) is 13.0. The quantitative estimate of drug-likeness (QED) is 0.382. The van der Waals surface area contributed by atoms with Crippen LogP contribution in [0.25, 0.3) is 5.69 Å². The molecule has 184 valence electrons. The van der Waals surface area contributed by atoms with Crippen LogP contribution < -0.4 is 5.32 Å². The Morgan fingerprint density at radius 1 is 1.11 bits per heavy atom. The standard InChI is InChI=1S/C27H32N4O3S/c1-18-24(19(2)31(29-18)22-8-6-5-7-9-22)15-26(32)28-21-14-25(27(33)34-3)30(17-21)16-20-10-12-23(35-4)13-11-20/h5-13,21,25H,14-17H2,1-4H3,(H,28,32)/t21-,25+/m1/s1. The number of esters is 1. The van der Waals surface area contributed by atoms with Crippen molar-refractivity contribution in [3.63, 3.8) is 0 Å². The molecule has 4 rings (SSSR count). The molecule has 1 fully saturated rings. The monoisotopic (exact) mass is 492 g/mol. The van der Waals surface area contributed by atoms with Crippen LogP contribution in [0.5, 0.6) is 0 Å². The van der Waals surface area contributed by atoms with Crippen LogP contribution in [0.2, 0.25) is 0 Å². The van der Waals surface area contributed by atoms with Crippen molar-refractivity contribution in [1.82, 2.24) is 20.0 Å². The van der Waals surface area contributed by atoms with Crippen LogP contribution in [-0.2, 0) is 27.3 Å². The van der Waals surface area contributed by atoms with Crippen molar-refractivity contribution in [2.75, 3.05) is 19.9 Å². The second kappa shape index (κ2) is 11.1. The van der Waals surface area contributed by atoms with Gasteiger partial charge in [-0.15, -0.1) is 11.8 Å². The predicted octanol–water partition coefficient (Wildman–Crippen LogP) is 3.69. The Hall–Kier alpha value is -3.10. The summed E-state index contributed by atoms with van der Waals surface area (Å²) in [6.45, 7) is 5.14. The van der Waals surface area contributed by atoms with E-state index < -0.39 is 0 Å². The van der Waals surface area contributed by atoms with Gasteiger partial charge in [0, 0.05) is 35.3 Å². The summed E-state index contributed by atoms with van der Waals surface area (Å²) in [5.74, 6) is -0.332. The van der Waals surface area contributed by atoms with E-state index in [-0.39, 0.29) is 30.4 Å². The highest BCUT2D eigenvalue weighted by Gasteiger charge is 2.38. The number of rotatable bonds is 8. The summed E-state index contributed by atoms with van der Waals surface area (Å²) in [6, 6.07) is 17.7. The topological polar surface area (TPSA) is 76.5 Å². The van der Waals surface area contributed by atoms with Crippen LogP contribution in [0.4, 0.5) is 0 Å². The lowest BCUT2D eigenvalue weighted by atomic mass is 10.1. The highest BCUT2D eigenvalue weighted by Crippen LogP contribution is 2.24. The summed E-state index contributed by atoms with van der Waals surface area (Å²) < 4.78 is 6.94. The SMILES string of the molecule is COC(=O)[C@@H]1C[C@@H](NC(=O)Cc2c(C)nn(-c3ccccc3)c2C)CN1Cc1ccc(SC)cc1. The number of likely N-dealkylation sites (tertiary alicyclic amines) is 1. The lowest BCUT2D eigenvalue weighted by Gasteiger charge is -2.22. The molecule has 2 heterocycles. The van der Waals surface area contributed by atoms with Crippen molar-refractivity contribution < 1.29 is 14.3 Å². The van der Waals surface area contributed by atoms with Gasteiger partial charge in [0.25, 0.3) is 0 Å². The maximum atomic E-state index is 13.0. The fourth-order valence-corrected chi connectivity index (χ4v) is 5.13. The van der Waals surface area contributed by atoms with Gasteiger partial charge in [-0.1, -0.05) is 30.3 Å². The first kappa shape index (κ1) is 25.0. The number of ether oxygens (including phenoxy) is 1. The Morgan fingerprint density at radius 3 is 2.49 bits per heavy atom. The molecule has 0 bridgehead atoms. The van der Waals surface area contributed by atoms with Crippen LogP contribution in [0.1, 0.15) is 28.9 Å². The number of aryl methyl sites for hydroxylation is 1. The molecule has 2 aromatic carbocycles. The Bertz CT molecular complexity index is 1180. The van der Waals surface area contributed by atoms with Crippen LogP contribution in [-0.4, -0.2) is 58.6 Å². The number of methoxy groups -OCH3 is 1. The fraction of sp³-hybridized carbons (Fsp3) is 0.370. The average Bonchev–Trinajstić information content (AvgIpc) is 3.39. The van der Waals surface area contributed by atoms with Gasteiger partial charge in [0.1, 0.15) is 6.04 Å². The first-order valence-electron chi connectivity index (χ1n) is 11.7. The lowest BCUT2D eigenvalue weighted by molar-refractivity contribution is -0.146. The third kappa shape index (κ3) is 5.77. The fourth-order valence-electron chi connectivity index (χ4n) is 4.72. The minimum Gasteiger partial charge on any atom is -0.468 e. The van der Waals surface area contributed by atoms with Crippen LogP contribution in [0, 0.1) is 13.8 Å². The van der Waals surface area contributed by atoms with Gasteiger partial charge in [-0.2, -0.15) is 5.10 Å². The van der Waals surface area contributed by atoms with Crippen molar-refractivity contribution in [1.29, 1.82) is 0 Å². The summed E-state index contributed by atoms with van der Waals surface area (Å²) in [5.41, 5.74) is 4.83. The number of thioether (sulfide) groups is 1. The molecule has 35 heavy (non-hydrogen) atoms. The minimum absolute atomic E-state index is 0.0661. The zero-order valence-electron chi connectivity index (χ0n) is 20.7. The molecular weight excluding hydrogens is 460 g/mol.